The summed E-state index contributed by atoms with van der Waals surface area (Å²) >= 11 is 0. The third kappa shape index (κ3) is 2.87. The Morgan fingerprint density at radius 1 is 1.22 bits per heavy atom. The Morgan fingerprint density at radius 3 is 2.70 bits per heavy atom. The van der Waals surface area contributed by atoms with Crippen molar-refractivity contribution < 1.29 is 4.79 Å². The van der Waals surface area contributed by atoms with Gasteiger partial charge in [0.25, 0.3) is 5.91 Å². The lowest BCUT2D eigenvalue weighted by molar-refractivity contribution is 0.0698. The molecule has 1 aliphatic heterocycles. The van der Waals surface area contributed by atoms with Crippen molar-refractivity contribution in [3.63, 3.8) is 0 Å². The molecule has 7 heteroatoms. The molecule has 0 bridgehead atoms. The summed E-state index contributed by atoms with van der Waals surface area (Å²) in [5.74, 6) is 2.75. The minimum atomic E-state index is -0.0567. The number of piperidine rings is 1. The number of H-pyrrole nitrogens is 1. The predicted molar refractivity (Wildman–Crippen MR) is 83.8 cm³/mol. The van der Waals surface area contributed by atoms with E-state index in [1.165, 1.54) is 31.4 Å². The number of carbonyl (C=O) groups is 1. The van der Waals surface area contributed by atoms with Crippen molar-refractivity contribution in [2.75, 3.05) is 13.1 Å². The van der Waals surface area contributed by atoms with E-state index in [4.69, 9.17) is 0 Å². The zero-order valence-corrected chi connectivity index (χ0v) is 13.2. The second-order valence-corrected chi connectivity index (χ2v) is 6.64. The van der Waals surface area contributed by atoms with Crippen LogP contribution in [-0.4, -0.2) is 48.6 Å². The Bertz CT molecular complexity index is 652. The van der Waals surface area contributed by atoms with Crippen LogP contribution in [0.15, 0.2) is 18.7 Å². The molecule has 0 atom stereocenters. The molecule has 23 heavy (non-hydrogen) atoms. The van der Waals surface area contributed by atoms with Crippen LogP contribution in [0.1, 0.15) is 54.5 Å². The summed E-state index contributed by atoms with van der Waals surface area (Å²) in [7, 11) is 0. The Balaban J connectivity index is 1.38. The second-order valence-electron chi connectivity index (χ2n) is 6.64. The molecule has 1 N–H and O–H groups in total. The highest BCUT2D eigenvalue weighted by atomic mass is 16.2. The van der Waals surface area contributed by atoms with Crippen LogP contribution in [0.25, 0.3) is 0 Å². The molecule has 122 valence electrons. The number of amides is 1. The number of nitrogens with one attached hydrogen (secondary N) is 1. The summed E-state index contributed by atoms with van der Waals surface area (Å²) in [6.07, 6.45) is 11.4. The van der Waals surface area contributed by atoms with E-state index in [1.807, 2.05) is 11.1 Å². The standard InChI is InChI=1S/C16H22N6O/c23-16(14-18-11-19-20-14)21-7-4-13(5-8-21)15-17-6-9-22(15)10-12-2-1-3-12/h6,9,11-13H,1-5,7-8,10H2,(H,18,19,20). The second kappa shape index (κ2) is 6.14. The number of hydrogen-bond donors (Lipinski definition) is 1. The number of hydrogen-bond acceptors (Lipinski definition) is 4. The number of likely N-dealkylation sites (tertiary alicyclic amines) is 1. The van der Waals surface area contributed by atoms with Gasteiger partial charge in [0.05, 0.1) is 0 Å². The predicted octanol–water partition coefficient (Wildman–Crippen LogP) is 1.82. The fourth-order valence-corrected chi connectivity index (χ4v) is 3.59. The van der Waals surface area contributed by atoms with E-state index in [2.05, 4.69) is 30.9 Å². The molecule has 4 rings (SSSR count). The van der Waals surface area contributed by atoms with Crippen LogP contribution in [0.4, 0.5) is 0 Å². The molecule has 0 radical (unpaired) electrons. The van der Waals surface area contributed by atoms with Crippen molar-refractivity contribution in [1.29, 1.82) is 0 Å². The topological polar surface area (TPSA) is 79.7 Å². The van der Waals surface area contributed by atoms with Crippen molar-refractivity contribution in [3.05, 3.63) is 30.4 Å². The van der Waals surface area contributed by atoms with Crippen LogP contribution in [0, 0.1) is 5.92 Å². The third-order valence-electron chi connectivity index (χ3n) is 5.19. The fraction of sp³-hybridized carbons (Fsp3) is 0.625. The van der Waals surface area contributed by atoms with Gasteiger partial charge in [0.2, 0.25) is 5.82 Å². The SMILES string of the molecule is O=C(c1ncn[nH]1)N1CCC(c2nccn2CC2CCC2)CC1. The maximum atomic E-state index is 12.3. The average molecular weight is 314 g/mol. The van der Waals surface area contributed by atoms with Gasteiger partial charge in [0.1, 0.15) is 12.2 Å². The van der Waals surface area contributed by atoms with E-state index in [1.54, 1.807) is 0 Å². The molecular weight excluding hydrogens is 292 g/mol. The van der Waals surface area contributed by atoms with Crippen molar-refractivity contribution in [1.82, 2.24) is 29.6 Å². The van der Waals surface area contributed by atoms with Crippen LogP contribution >= 0.6 is 0 Å². The lowest BCUT2D eigenvalue weighted by atomic mass is 9.85. The van der Waals surface area contributed by atoms with Gasteiger partial charge in [-0.3, -0.25) is 9.89 Å². The molecule has 0 aromatic carbocycles. The van der Waals surface area contributed by atoms with Gasteiger partial charge in [0, 0.05) is 37.9 Å². The van der Waals surface area contributed by atoms with Gasteiger partial charge < -0.3 is 9.47 Å². The molecular formula is C16H22N6O. The highest BCUT2D eigenvalue weighted by Gasteiger charge is 2.28. The molecule has 2 aromatic heterocycles. The average Bonchev–Trinajstić information content (AvgIpc) is 3.22. The molecule has 1 saturated heterocycles. The van der Waals surface area contributed by atoms with Crippen LogP contribution < -0.4 is 0 Å². The number of carbonyl (C=O) groups excluding carboxylic acids is 1. The highest BCUT2D eigenvalue weighted by molar-refractivity contribution is 5.90. The zero-order chi connectivity index (χ0) is 15.6. The van der Waals surface area contributed by atoms with Gasteiger partial charge in [-0.2, -0.15) is 5.10 Å². The Morgan fingerprint density at radius 2 is 2.04 bits per heavy atom. The molecule has 1 aliphatic carbocycles. The molecule has 1 amide bonds. The first kappa shape index (κ1) is 14.4. The van der Waals surface area contributed by atoms with Gasteiger partial charge in [-0.1, -0.05) is 6.42 Å². The van der Waals surface area contributed by atoms with E-state index < -0.39 is 0 Å². The smallest absolute Gasteiger partial charge is 0.291 e. The summed E-state index contributed by atoms with van der Waals surface area (Å²) in [4.78, 5) is 22.7. The first-order valence-electron chi connectivity index (χ1n) is 8.47. The highest BCUT2D eigenvalue weighted by Crippen LogP contribution is 2.31. The van der Waals surface area contributed by atoms with Gasteiger partial charge in [0.15, 0.2) is 0 Å². The number of aromatic amines is 1. The van der Waals surface area contributed by atoms with E-state index in [-0.39, 0.29) is 5.91 Å². The quantitative estimate of drug-likeness (QED) is 0.933. The molecule has 1 saturated carbocycles. The zero-order valence-electron chi connectivity index (χ0n) is 13.2. The lowest BCUT2D eigenvalue weighted by Gasteiger charge is -2.32. The molecule has 2 fully saturated rings. The van der Waals surface area contributed by atoms with Crippen LogP contribution in [0.5, 0.6) is 0 Å². The Hall–Kier alpha value is -2.18. The van der Waals surface area contributed by atoms with E-state index in [9.17, 15) is 4.79 Å². The third-order valence-corrected chi connectivity index (χ3v) is 5.19. The van der Waals surface area contributed by atoms with Crippen molar-refractivity contribution >= 4 is 5.91 Å². The Labute approximate surface area is 135 Å². The summed E-state index contributed by atoms with van der Waals surface area (Å²) in [5.41, 5.74) is 0. The Kier molecular flexibility index (Phi) is 3.85. The van der Waals surface area contributed by atoms with E-state index in [0.717, 1.165) is 38.4 Å². The first-order valence-corrected chi connectivity index (χ1v) is 8.47. The maximum absolute atomic E-state index is 12.3. The molecule has 3 heterocycles. The fourth-order valence-electron chi connectivity index (χ4n) is 3.59. The van der Waals surface area contributed by atoms with Crippen LogP contribution in [-0.2, 0) is 6.54 Å². The monoisotopic (exact) mass is 314 g/mol. The number of nitrogens with zero attached hydrogens (tertiary/aromatic N) is 5. The largest absolute Gasteiger partial charge is 0.336 e. The normalized spacial score (nSPS) is 19.7. The molecule has 0 spiro atoms. The maximum Gasteiger partial charge on any atom is 0.291 e. The van der Waals surface area contributed by atoms with Gasteiger partial charge in [-0.15, -0.1) is 0 Å². The van der Waals surface area contributed by atoms with E-state index in [0.29, 0.717) is 11.7 Å². The number of aromatic nitrogens is 5. The van der Waals surface area contributed by atoms with E-state index >= 15 is 0 Å². The van der Waals surface area contributed by atoms with Crippen molar-refractivity contribution in [2.24, 2.45) is 5.92 Å². The van der Waals surface area contributed by atoms with Crippen LogP contribution in [0.3, 0.4) is 0 Å². The number of imidazole rings is 1. The molecule has 2 aromatic rings. The summed E-state index contributed by atoms with van der Waals surface area (Å²) < 4.78 is 2.34. The summed E-state index contributed by atoms with van der Waals surface area (Å²) in [6, 6.07) is 0. The van der Waals surface area contributed by atoms with Gasteiger partial charge >= 0.3 is 0 Å². The van der Waals surface area contributed by atoms with Gasteiger partial charge in [-0.05, 0) is 31.6 Å². The van der Waals surface area contributed by atoms with Crippen molar-refractivity contribution in [2.45, 2.75) is 44.6 Å². The first-order chi connectivity index (χ1) is 11.3. The van der Waals surface area contributed by atoms with Crippen LogP contribution in [0.2, 0.25) is 0 Å². The van der Waals surface area contributed by atoms with Gasteiger partial charge in [-0.25, -0.2) is 9.97 Å². The van der Waals surface area contributed by atoms with Crippen molar-refractivity contribution in [3.8, 4) is 0 Å². The number of rotatable bonds is 4. The summed E-state index contributed by atoms with van der Waals surface area (Å²) in [6.45, 7) is 2.60. The molecule has 7 nitrogen and oxygen atoms in total. The summed E-state index contributed by atoms with van der Waals surface area (Å²) in [5, 5.41) is 6.40. The minimum absolute atomic E-state index is 0.0567. The minimum Gasteiger partial charge on any atom is -0.336 e. The molecule has 2 aliphatic rings. The molecule has 0 unspecified atom stereocenters. The lowest BCUT2D eigenvalue weighted by Crippen LogP contribution is -2.39.